The molecule has 5 nitrogen and oxygen atoms in total. The molecule has 0 spiro atoms. The van der Waals surface area contributed by atoms with Gasteiger partial charge in [0, 0.05) is 29.7 Å². The van der Waals surface area contributed by atoms with Gasteiger partial charge in [-0.25, -0.2) is 0 Å². The summed E-state index contributed by atoms with van der Waals surface area (Å²) in [5, 5.41) is 10.9. The van der Waals surface area contributed by atoms with Crippen LogP contribution in [0, 0.1) is 0 Å². The Bertz CT molecular complexity index is 652. The summed E-state index contributed by atoms with van der Waals surface area (Å²) in [6.07, 6.45) is 2.10. The highest BCUT2D eigenvalue weighted by Gasteiger charge is 2.29. The number of aromatic nitrogens is 2. The Morgan fingerprint density at radius 2 is 2.23 bits per heavy atom. The zero-order chi connectivity index (χ0) is 15.5. The van der Waals surface area contributed by atoms with E-state index in [9.17, 15) is 4.79 Å². The molecule has 2 heterocycles. The van der Waals surface area contributed by atoms with Gasteiger partial charge in [0.2, 0.25) is 0 Å². The summed E-state index contributed by atoms with van der Waals surface area (Å²) in [7, 11) is 1.91. The van der Waals surface area contributed by atoms with E-state index in [1.54, 1.807) is 6.07 Å². The molecule has 0 saturated carbocycles. The smallest absolute Gasteiger partial charge is 0.272 e. The number of rotatable bonds is 4. The fraction of sp³-hybridized carbons (Fsp3) is 0.375. The molecule has 1 atom stereocenters. The molecule has 2 aromatic rings. The van der Waals surface area contributed by atoms with Crippen LogP contribution in [-0.4, -0.2) is 47.2 Å². The molecule has 2 N–H and O–H groups in total. The van der Waals surface area contributed by atoms with Gasteiger partial charge in [0.15, 0.2) is 0 Å². The molecule has 1 amide bonds. The van der Waals surface area contributed by atoms with Gasteiger partial charge in [-0.05, 0) is 38.1 Å². The van der Waals surface area contributed by atoms with Crippen molar-refractivity contribution < 1.29 is 4.79 Å². The predicted molar refractivity (Wildman–Crippen MR) is 87.0 cm³/mol. The largest absolute Gasteiger partial charge is 0.333 e. The third kappa shape index (κ3) is 3.00. The molecule has 1 saturated heterocycles. The molecule has 0 radical (unpaired) electrons. The van der Waals surface area contributed by atoms with Crippen molar-refractivity contribution in [2.75, 3.05) is 20.1 Å². The summed E-state index contributed by atoms with van der Waals surface area (Å²) in [4.78, 5) is 14.6. The number of halogens is 1. The first-order chi connectivity index (χ1) is 10.7. The number of carbonyl (C=O) groups excluding carboxylic acids is 1. The number of nitrogens with zero attached hydrogens (tertiary/aromatic N) is 2. The Balaban J connectivity index is 1.78. The number of nitrogens with one attached hydrogen (secondary N) is 2. The zero-order valence-corrected chi connectivity index (χ0v) is 13.2. The van der Waals surface area contributed by atoms with Gasteiger partial charge in [-0.1, -0.05) is 23.7 Å². The van der Waals surface area contributed by atoms with Crippen molar-refractivity contribution in [3.8, 4) is 11.3 Å². The third-order valence-electron chi connectivity index (χ3n) is 4.03. The summed E-state index contributed by atoms with van der Waals surface area (Å²) in [6, 6.07) is 9.49. The molecule has 1 aromatic carbocycles. The molecule has 1 aromatic heterocycles. The quantitative estimate of drug-likeness (QED) is 0.910. The van der Waals surface area contributed by atoms with Crippen molar-refractivity contribution in [1.29, 1.82) is 0 Å². The maximum absolute atomic E-state index is 12.6. The topological polar surface area (TPSA) is 61.0 Å². The Labute approximate surface area is 134 Å². The van der Waals surface area contributed by atoms with Crippen molar-refractivity contribution >= 4 is 17.5 Å². The van der Waals surface area contributed by atoms with Crippen LogP contribution in [0.1, 0.15) is 23.3 Å². The lowest BCUT2D eigenvalue weighted by molar-refractivity contribution is 0.0731. The molecule has 116 valence electrons. The Morgan fingerprint density at radius 3 is 2.95 bits per heavy atom. The van der Waals surface area contributed by atoms with Crippen LogP contribution in [0.15, 0.2) is 30.3 Å². The summed E-state index contributed by atoms with van der Waals surface area (Å²) >= 11 is 5.89. The minimum absolute atomic E-state index is 0.0189. The van der Waals surface area contributed by atoms with E-state index in [0.717, 1.165) is 37.2 Å². The Hall–Kier alpha value is -1.85. The normalized spacial score (nSPS) is 17.9. The van der Waals surface area contributed by atoms with Crippen LogP contribution < -0.4 is 5.32 Å². The molecule has 22 heavy (non-hydrogen) atoms. The van der Waals surface area contributed by atoms with Gasteiger partial charge in [0.1, 0.15) is 5.69 Å². The van der Waals surface area contributed by atoms with Crippen LogP contribution in [0.25, 0.3) is 11.3 Å². The minimum atomic E-state index is 0.0189. The Kier molecular flexibility index (Phi) is 4.45. The van der Waals surface area contributed by atoms with Crippen LogP contribution in [0.4, 0.5) is 0 Å². The number of hydrogen-bond acceptors (Lipinski definition) is 3. The zero-order valence-electron chi connectivity index (χ0n) is 12.5. The molecule has 1 fully saturated rings. The van der Waals surface area contributed by atoms with Crippen molar-refractivity contribution in [2.45, 2.75) is 18.9 Å². The van der Waals surface area contributed by atoms with Gasteiger partial charge in [-0.2, -0.15) is 5.10 Å². The molecule has 0 bridgehead atoms. The van der Waals surface area contributed by atoms with E-state index in [2.05, 4.69) is 15.5 Å². The van der Waals surface area contributed by atoms with E-state index >= 15 is 0 Å². The number of likely N-dealkylation sites (tertiary alicyclic amines) is 1. The molecular weight excluding hydrogens is 300 g/mol. The fourth-order valence-corrected chi connectivity index (χ4v) is 3.03. The van der Waals surface area contributed by atoms with Gasteiger partial charge in [-0.15, -0.1) is 0 Å². The number of aromatic amines is 1. The summed E-state index contributed by atoms with van der Waals surface area (Å²) in [6.45, 7) is 1.63. The number of H-pyrrole nitrogens is 1. The average molecular weight is 319 g/mol. The van der Waals surface area contributed by atoms with Crippen LogP contribution in [0.2, 0.25) is 5.02 Å². The minimum Gasteiger partial charge on any atom is -0.333 e. The summed E-state index contributed by atoms with van der Waals surface area (Å²) in [5.74, 6) is 0.0189. The van der Waals surface area contributed by atoms with Crippen molar-refractivity contribution in [2.24, 2.45) is 0 Å². The SMILES string of the molecule is CNCC1CCCN1C(=O)c1cc(-c2ccc(Cl)cc2)n[nH]1. The lowest BCUT2D eigenvalue weighted by Gasteiger charge is -2.23. The van der Waals surface area contributed by atoms with Gasteiger partial charge in [0.05, 0.1) is 5.69 Å². The third-order valence-corrected chi connectivity index (χ3v) is 4.28. The van der Waals surface area contributed by atoms with Gasteiger partial charge < -0.3 is 10.2 Å². The first-order valence-corrected chi connectivity index (χ1v) is 7.84. The highest BCUT2D eigenvalue weighted by Crippen LogP contribution is 2.23. The highest BCUT2D eigenvalue weighted by molar-refractivity contribution is 6.30. The second-order valence-corrected chi connectivity index (χ2v) is 5.96. The van der Waals surface area contributed by atoms with E-state index in [-0.39, 0.29) is 11.9 Å². The van der Waals surface area contributed by atoms with E-state index in [0.29, 0.717) is 10.7 Å². The maximum Gasteiger partial charge on any atom is 0.272 e. The molecule has 1 aliphatic rings. The first-order valence-electron chi connectivity index (χ1n) is 7.46. The van der Waals surface area contributed by atoms with Crippen molar-refractivity contribution in [3.63, 3.8) is 0 Å². The first kappa shape index (κ1) is 15.1. The van der Waals surface area contributed by atoms with Crippen LogP contribution in [-0.2, 0) is 0 Å². The van der Waals surface area contributed by atoms with Crippen LogP contribution in [0.3, 0.4) is 0 Å². The summed E-state index contributed by atoms with van der Waals surface area (Å²) < 4.78 is 0. The standard InChI is InChI=1S/C16H19ClN4O/c1-18-10-13-3-2-8-21(13)16(22)15-9-14(19-20-15)11-4-6-12(17)7-5-11/h4-7,9,13,18H,2-3,8,10H2,1H3,(H,19,20). The van der Waals surface area contributed by atoms with Gasteiger partial charge in [-0.3, -0.25) is 9.89 Å². The lowest BCUT2D eigenvalue weighted by atomic mass is 10.1. The lowest BCUT2D eigenvalue weighted by Crippen LogP contribution is -2.41. The second-order valence-electron chi connectivity index (χ2n) is 5.53. The molecule has 1 aliphatic heterocycles. The molecule has 1 unspecified atom stereocenters. The molecule has 6 heteroatoms. The fourth-order valence-electron chi connectivity index (χ4n) is 2.91. The van der Waals surface area contributed by atoms with Crippen LogP contribution in [0.5, 0.6) is 0 Å². The Morgan fingerprint density at radius 1 is 1.45 bits per heavy atom. The second kappa shape index (κ2) is 6.50. The maximum atomic E-state index is 12.6. The number of carbonyl (C=O) groups is 1. The number of amides is 1. The van der Waals surface area contributed by atoms with E-state index < -0.39 is 0 Å². The monoisotopic (exact) mass is 318 g/mol. The van der Waals surface area contributed by atoms with E-state index in [1.807, 2.05) is 36.2 Å². The van der Waals surface area contributed by atoms with E-state index in [4.69, 9.17) is 11.6 Å². The molecular formula is C16H19ClN4O. The molecule has 3 rings (SSSR count). The van der Waals surface area contributed by atoms with Gasteiger partial charge >= 0.3 is 0 Å². The van der Waals surface area contributed by atoms with Crippen LogP contribution >= 0.6 is 11.6 Å². The van der Waals surface area contributed by atoms with Crippen molar-refractivity contribution in [1.82, 2.24) is 20.4 Å². The number of hydrogen-bond donors (Lipinski definition) is 2. The number of likely N-dealkylation sites (N-methyl/N-ethyl adjacent to an activating group) is 1. The van der Waals surface area contributed by atoms with E-state index in [1.165, 1.54) is 0 Å². The molecule has 0 aliphatic carbocycles. The predicted octanol–water partition coefficient (Wildman–Crippen LogP) is 2.55. The summed E-state index contributed by atoms with van der Waals surface area (Å²) in [5.41, 5.74) is 2.23. The van der Waals surface area contributed by atoms with Crippen molar-refractivity contribution in [3.05, 3.63) is 41.0 Å². The highest BCUT2D eigenvalue weighted by atomic mass is 35.5. The van der Waals surface area contributed by atoms with Gasteiger partial charge in [0.25, 0.3) is 5.91 Å². The average Bonchev–Trinajstić information content (AvgIpc) is 3.17. The number of benzene rings is 1.